The molecule has 1 aliphatic carbocycles. The standard InChI is InChI=1S/C16H22Cl2N2O/c1-10(14-7-6-13(17)8-15(14)18)20-16(21)12-4-2-11(9-19)3-5-12/h6-8,10-12H,2-5,9,19H2,1H3,(H,20,21). The number of hydrogen-bond donors (Lipinski definition) is 2. The highest BCUT2D eigenvalue weighted by atomic mass is 35.5. The molecule has 0 aliphatic heterocycles. The van der Waals surface area contributed by atoms with Gasteiger partial charge in [0.15, 0.2) is 0 Å². The fourth-order valence-corrected chi connectivity index (χ4v) is 3.49. The number of amides is 1. The number of carbonyl (C=O) groups excluding carboxylic acids is 1. The lowest BCUT2D eigenvalue weighted by molar-refractivity contribution is -0.126. The van der Waals surface area contributed by atoms with Crippen LogP contribution in [-0.2, 0) is 4.79 Å². The first kappa shape index (κ1) is 16.6. The number of benzene rings is 1. The molecular formula is C16H22Cl2N2O. The molecule has 3 N–H and O–H groups in total. The highest BCUT2D eigenvalue weighted by molar-refractivity contribution is 6.35. The van der Waals surface area contributed by atoms with E-state index in [9.17, 15) is 4.79 Å². The van der Waals surface area contributed by atoms with Crippen LogP contribution in [0.15, 0.2) is 18.2 Å². The zero-order valence-electron chi connectivity index (χ0n) is 12.2. The predicted octanol–water partition coefficient (Wildman–Crippen LogP) is 3.94. The summed E-state index contributed by atoms with van der Waals surface area (Å²) < 4.78 is 0. The van der Waals surface area contributed by atoms with Gasteiger partial charge in [0.05, 0.1) is 6.04 Å². The van der Waals surface area contributed by atoms with Crippen LogP contribution in [-0.4, -0.2) is 12.5 Å². The summed E-state index contributed by atoms with van der Waals surface area (Å²) in [5.41, 5.74) is 6.58. The summed E-state index contributed by atoms with van der Waals surface area (Å²) in [7, 11) is 0. The number of hydrogen-bond acceptors (Lipinski definition) is 2. The SMILES string of the molecule is CC(NC(=O)C1CCC(CN)CC1)c1ccc(Cl)cc1Cl. The van der Waals surface area contributed by atoms with E-state index in [0.717, 1.165) is 37.8 Å². The van der Waals surface area contributed by atoms with Crippen molar-refractivity contribution >= 4 is 29.1 Å². The fraction of sp³-hybridized carbons (Fsp3) is 0.562. The zero-order chi connectivity index (χ0) is 15.4. The van der Waals surface area contributed by atoms with Crippen LogP contribution in [0, 0.1) is 11.8 Å². The van der Waals surface area contributed by atoms with Gasteiger partial charge in [-0.1, -0.05) is 29.3 Å². The third kappa shape index (κ3) is 4.35. The molecule has 1 aliphatic rings. The summed E-state index contributed by atoms with van der Waals surface area (Å²) in [5.74, 6) is 0.794. The van der Waals surface area contributed by atoms with Crippen LogP contribution >= 0.6 is 23.2 Å². The molecule has 1 unspecified atom stereocenters. The predicted molar refractivity (Wildman–Crippen MR) is 87.5 cm³/mol. The third-order valence-electron chi connectivity index (χ3n) is 4.34. The average Bonchev–Trinajstić information content (AvgIpc) is 2.47. The van der Waals surface area contributed by atoms with Crippen LogP contribution in [0.1, 0.15) is 44.2 Å². The first-order chi connectivity index (χ1) is 10.0. The summed E-state index contributed by atoms with van der Waals surface area (Å²) in [6, 6.07) is 5.24. The Labute approximate surface area is 136 Å². The Bertz CT molecular complexity index is 499. The van der Waals surface area contributed by atoms with Crippen molar-refractivity contribution in [1.82, 2.24) is 5.32 Å². The summed E-state index contributed by atoms with van der Waals surface area (Å²) in [5, 5.41) is 4.25. The molecule has 116 valence electrons. The van der Waals surface area contributed by atoms with E-state index >= 15 is 0 Å². The molecule has 0 heterocycles. The number of carbonyl (C=O) groups is 1. The van der Waals surface area contributed by atoms with Gasteiger partial charge in [-0.15, -0.1) is 0 Å². The van der Waals surface area contributed by atoms with Gasteiger partial charge >= 0.3 is 0 Å². The van der Waals surface area contributed by atoms with Crippen molar-refractivity contribution < 1.29 is 4.79 Å². The van der Waals surface area contributed by atoms with E-state index in [1.807, 2.05) is 13.0 Å². The molecule has 5 heteroatoms. The number of nitrogens with one attached hydrogen (secondary N) is 1. The van der Waals surface area contributed by atoms with Crippen LogP contribution in [0.3, 0.4) is 0 Å². The van der Waals surface area contributed by atoms with E-state index in [4.69, 9.17) is 28.9 Å². The minimum Gasteiger partial charge on any atom is -0.349 e. The molecule has 0 saturated heterocycles. The van der Waals surface area contributed by atoms with Crippen molar-refractivity contribution in [3.63, 3.8) is 0 Å². The number of halogens is 2. The van der Waals surface area contributed by atoms with Gasteiger partial charge in [0, 0.05) is 16.0 Å². The van der Waals surface area contributed by atoms with Crippen LogP contribution in [0.25, 0.3) is 0 Å². The maximum absolute atomic E-state index is 12.3. The maximum Gasteiger partial charge on any atom is 0.223 e. The lowest BCUT2D eigenvalue weighted by Gasteiger charge is -2.28. The molecule has 21 heavy (non-hydrogen) atoms. The van der Waals surface area contributed by atoms with Gasteiger partial charge in [-0.25, -0.2) is 0 Å². The summed E-state index contributed by atoms with van der Waals surface area (Å²) in [6.45, 7) is 2.67. The second-order valence-electron chi connectivity index (χ2n) is 5.85. The summed E-state index contributed by atoms with van der Waals surface area (Å²) in [4.78, 5) is 12.3. The monoisotopic (exact) mass is 328 g/mol. The van der Waals surface area contributed by atoms with E-state index in [0.29, 0.717) is 16.0 Å². The largest absolute Gasteiger partial charge is 0.349 e. The average molecular weight is 329 g/mol. The minimum absolute atomic E-state index is 0.0984. The molecule has 2 rings (SSSR count). The molecule has 1 saturated carbocycles. The van der Waals surface area contributed by atoms with E-state index in [1.54, 1.807) is 12.1 Å². The Morgan fingerprint density at radius 1 is 1.33 bits per heavy atom. The van der Waals surface area contributed by atoms with Crippen LogP contribution in [0.4, 0.5) is 0 Å². The summed E-state index contributed by atoms with van der Waals surface area (Å²) in [6.07, 6.45) is 3.94. The van der Waals surface area contributed by atoms with E-state index in [1.165, 1.54) is 0 Å². The fourth-order valence-electron chi connectivity index (χ4n) is 2.92. The first-order valence-electron chi connectivity index (χ1n) is 7.46. The van der Waals surface area contributed by atoms with Gasteiger partial charge in [-0.3, -0.25) is 4.79 Å². The molecule has 0 radical (unpaired) electrons. The van der Waals surface area contributed by atoms with E-state index in [2.05, 4.69) is 5.32 Å². The van der Waals surface area contributed by atoms with Crippen molar-refractivity contribution in [2.24, 2.45) is 17.6 Å². The Morgan fingerprint density at radius 2 is 2.00 bits per heavy atom. The van der Waals surface area contributed by atoms with Gasteiger partial charge < -0.3 is 11.1 Å². The molecule has 0 aromatic heterocycles. The normalized spacial score (nSPS) is 23.6. The topological polar surface area (TPSA) is 55.1 Å². The second-order valence-corrected chi connectivity index (χ2v) is 6.69. The molecule has 1 aromatic carbocycles. The lowest BCUT2D eigenvalue weighted by atomic mass is 9.81. The van der Waals surface area contributed by atoms with Crippen LogP contribution < -0.4 is 11.1 Å². The lowest BCUT2D eigenvalue weighted by Crippen LogP contribution is -2.35. The highest BCUT2D eigenvalue weighted by Crippen LogP contribution is 2.30. The van der Waals surface area contributed by atoms with E-state index < -0.39 is 0 Å². The van der Waals surface area contributed by atoms with Gasteiger partial charge in [-0.2, -0.15) is 0 Å². The Morgan fingerprint density at radius 3 is 2.57 bits per heavy atom. The van der Waals surface area contributed by atoms with E-state index in [-0.39, 0.29) is 17.9 Å². The van der Waals surface area contributed by atoms with Crippen LogP contribution in [0.5, 0.6) is 0 Å². The third-order valence-corrected chi connectivity index (χ3v) is 4.90. The minimum atomic E-state index is -0.116. The van der Waals surface area contributed by atoms with Gasteiger partial charge in [-0.05, 0) is 62.8 Å². The molecule has 0 spiro atoms. The maximum atomic E-state index is 12.3. The Kier molecular flexibility index (Phi) is 5.91. The number of nitrogens with two attached hydrogens (primary N) is 1. The molecule has 1 amide bonds. The number of rotatable bonds is 4. The smallest absolute Gasteiger partial charge is 0.223 e. The summed E-state index contributed by atoms with van der Waals surface area (Å²) >= 11 is 12.1. The first-order valence-corrected chi connectivity index (χ1v) is 8.22. The quantitative estimate of drug-likeness (QED) is 0.879. The van der Waals surface area contributed by atoms with Crippen LogP contribution in [0.2, 0.25) is 10.0 Å². The Hall–Kier alpha value is -0.770. The van der Waals surface area contributed by atoms with Crippen molar-refractivity contribution in [2.45, 2.75) is 38.6 Å². The van der Waals surface area contributed by atoms with Crippen molar-refractivity contribution in [3.05, 3.63) is 33.8 Å². The van der Waals surface area contributed by atoms with Gasteiger partial charge in [0.2, 0.25) is 5.91 Å². The molecule has 1 fully saturated rings. The molecular weight excluding hydrogens is 307 g/mol. The highest BCUT2D eigenvalue weighted by Gasteiger charge is 2.26. The molecule has 0 bridgehead atoms. The molecule has 1 atom stereocenters. The Balaban J connectivity index is 1.93. The molecule has 3 nitrogen and oxygen atoms in total. The molecule has 1 aromatic rings. The van der Waals surface area contributed by atoms with Crippen molar-refractivity contribution in [3.8, 4) is 0 Å². The zero-order valence-corrected chi connectivity index (χ0v) is 13.8. The van der Waals surface area contributed by atoms with Gasteiger partial charge in [0.25, 0.3) is 0 Å². The van der Waals surface area contributed by atoms with Gasteiger partial charge in [0.1, 0.15) is 0 Å². The van der Waals surface area contributed by atoms with Crippen molar-refractivity contribution in [2.75, 3.05) is 6.54 Å². The second kappa shape index (κ2) is 7.48. The van der Waals surface area contributed by atoms with Crippen molar-refractivity contribution in [1.29, 1.82) is 0 Å².